The standard InChI is InChI=1S/C13H19N3O2/c1-18-13(17)10-16(11-5-2-3-6-11)9-12-14-7-4-8-15-12/h4,7-8,11H,2-3,5-6,9-10H2,1H3. The summed E-state index contributed by atoms with van der Waals surface area (Å²) in [7, 11) is 1.42. The third-order valence-electron chi connectivity index (χ3n) is 3.36. The number of methoxy groups -OCH3 is 1. The molecule has 0 amide bonds. The number of hydrogen-bond donors (Lipinski definition) is 0. The summed E-state index contributed by atoms with van der Waals surface area (Å²) in [6.07, 6.45) is 8.21. The predicted octanol–water partition coefficient (Wildman–Crippen LogP) is 1.39. The number of aromatic nitrogens is 2. The van der Waals surface area contributed by atoms with E-state index in [-0.39, 0.29) is 5.97 Å². The first kappa shape index (κ1) is 13.0. The molecule has 2 rings (SSSR count). The molecule has 1 aliphatic rings. The number of hydrogen-bond acceptors (Lipinski definition) is 5. The zero-order valence-electron chi connectivity index (χ0n) is 10.7. The minimum atomic E-state index is -0.196. The Labute approximate surface area is 107 Å². The molecule has 1 aliphatic carbocycles. The summed E-state index contributed by atoms with van der Waals surface area (Å²) >= 11 is 0. The van der Waals surface area contributed by atoms with E-state index in [9.17, 15) is 4.79 Å². The van der Waals surface area contributed by atoms with E-state index in [1.807, 2.05) is 0 Å². The number of carbonyl (C=O) groups excluding carboxylic acids is 1. The molecule has 98 valence electrons. The first-order valence-corrected chi connectivity index (χ1v) is 6.36. The van der Waals surface area contributed by atoms with E-state index in [0.29, 0.717) is 19.1 Å². The van der Waals surface area contributed by atoms with Gasteiger partial charge in [0, 0.05) is 18.4 Å². The summed E-state index contributed by atoms with van der Waals surface area (Å²) < 4.78 is 4.76. The summed E-state index contributed by atoms with van der Waals surface area (Å²) in [5, 5.41) is 0. The van der Waals surface area contributed by atoms with Crippen molar-refractivity contribution in [1.82, 2.24) is 14.9 Å². The van der Waals surface area contributed by atoms with E-state index in [4.69, 9.17) is 4.74 Å². The highest BCUT2D eigenvalue weighted by Gasteiger charge is 2.25. The molecule has 0 radical (unpaired) electrons. The fraction of sp³-hybridized carbons (Fsp3) is 0.615. The highest BCUT2D eigenvalue weighted by Crippen LogP contribution is 2.24. The fourth-order valence-corrected chi connectivity index (χ4v) is 2.41. The van der Waals surface area contributed by atoms with Gasteiger partial charge in [0.15, 0.2) is 0 Å². The van der Waals surface area contributed by atoms with Crippen molar-refractivity contribution in [2.24, 2.45) is 0 Å². The quantitative estimate of drug-likeness (QED) is 0.738. The Morgan fingerprint density at radius 1 is 1.39 bits per heavy atom. The number of ether oxygens (including phenoxy) is 1. The van der Waals surface area contributed by atoms with Gasteiger partial charge in [-0.1, -0.05) is 12.8 Å². The van der Waals surface area contributed by atoms with Crippen molar-refractivity contribution in [2.45, 2.75) is 38.3 Å². The van der Waals surface area contributed by atoms with E-state index in [0.717, 1.165) is 18.7 Å². The van der Waals surface area contributed by atoms with Crippen LogP contribution in [0.15, 0.2) is 18.5 Å². The maximum absolute atomic E-state index is 11.5. The molecule has 0 bridgehead atoms. The van der Waals surface area contributed by atoms with Crippen LogP contribution in [0.4, 0.5) is 0 Å². The van der Waals surface area contributed by atoms with Gasteiger partial charge in [0.25, 0.3) is 0 Å². The molecule has 0 aromatic carbocycles. The number of carbonyl (C=O) groups is 1. The molecular weight excluding hydrogens is 230 g/mol. The molecular formula is C13H19N3O2. The lowest BCUT2D eigenvalue weighted by atomic mass is 10.2. The maximum Gasteiger partial charge on any atom is 0.319 e. The average Bonchev–Trinajstić information content (AvgIpc) is 2.93. The summed E-state index contributed by atoms with van der Waals surface area (Å²) in [6, 6.07) is 2.25. The normalized spacial score (nSPS) is 16.1. The smallest absolute Gasteiger partial charge is 0.319 e. The van der Waals surface area contributed by atoms with Gasteiger partial charge in [-0.2, -0.15) is 0 Å². The Morgan fingerprint density at radius 3 is 2.67 bits per heavy atom. The zero-order valence-corrected chi connectivity index (χ0v) is 10.7. The third kappa shape index (κ3) is 3.50. The summed E-state index contributed by atoms with van der Waals surface area (Å²) in [6.45, 7) is 0.931. The van der Waals surface area contributed by atoms with Crippen LogP contribution >= 0.6 is 0 Å². The molecule has 1 aromatic rings. The van der Waals surface area contributed by atoms with Gasteiger partial charge < -0.3 is 4.74 Å². The van der Waals surface area contributed by atoms with E-state index in [1.54, 1.807) is 18.5 Å². The SMILES string of the molecule is COC(=O)CN(Cc1ncccn1)C1CCCC1. The molecule has 1 saturated carbocycles. The lowest BCUT2D eigenvalue weighted by Crippen LogP contribution is -2.38. The molecule has 5 nitrogen and oxygen atoms in total. The van der Waals surface area contributed by atoms with Crippen LogP contribution in [0.25, 0.3) is 0 Å². The van der Waals surface area contributed by atoms with Crippen LogP contribution in [0.5, 0.6) is 0 Å². The molecule has 1 aromatic heterocycles. The molecule has 18 heavy (non-hydrogen) atoms. The summed E-state index contributed by atoms with van der Waals surface area (Å²) in [5.74, 6) is 0.561. The van der Waals surface area contributed by atoms with E-state index < -0.39 is 0 Å². The van der Waals surface area contributed by atoms with Crippen LogP contribution in [0.2, 0.25) is 0 Å². The van der Waals surface area contributed by atoms with Gasteiger partial charge in [-0.05, 0) is 18.9 Å². The second-order valence-electron chi connectivity index (χ2n) is 4.58. The minimum absolute atomic E-state index is 0.196. The van der Waals surface area contributed by atoms with Gasteiger partial charge in [0.2, 0.25) is 0 Å². The number of nitrogens with zero attached hydrogens (tertiary/aromatic N) is 3. The van der Waals surface area contributed by atoms with Gasteiger partial charge >= 0.3 is 5.97 Å². The number of esters is 1. The van der Waals surface area contributed by atoms with Crippen molar-refractivity contribution in [2.75, 3.05) is 13.7 Å². The van der Waals surface area contributed by atoms with Crippen LogP contribution in [0.3, 0.4) is 0 Å². The highest BCUT2D eigenvalue weighted by atomic mass is 16.5. The molecule has 0 atom stereocenters. The van der Waals surface area contributed by atoms with Crippen molar-refractivity contribution < 1.29 is 9.53 Å². The predicted molar refractivity (Wildman–Crippen MR) is 66.7 cm³/mol. The zero-order chi connectivity index (χ0) is 12.8. The Bertz CT molecular complexity index is 377. The molecule has 0 aliphatic heterocycles. The van der Waals surface area contributed by atoms with Crippen LogP contribution in [0.1, 0.15) is 31.5 Å². The largest absolute Gasteiger partial charge is 0.468 e. The van der Waals surface area contributed by atoms with E-state index in [2.05, 4.69) is 14.9 Å². The Balaban J connectivity index is 2.01. The van der Waals surface area contributed by atoms with Crippen LogP contribution in [-0.2, 0) is 16.1 Å². The Hall–Kier alpha value is -1.49. The molecule has 0 saturated heterocycles. The minimum Gasteiger partial charge on any atom is -0.468 e. The topological polar surface area (TPSA) is 55.3 Å². The monoisotopic (exact) mass is 249 g/mol. The van der Waals surface area contributed by atoms with E-state index >= 15 is 0 Å². The van der Waals surface area contributed by atoms with E-state index in [1.165, 1.54) is 20.0 Å². The van der Waals surface area contributed by atoms with Crippen LogP contribution in [-0.4, -0.2) is 40.5 Å². The lowest BCUT2D eigenvalue weighted by molar-refractivity contribution is -0.142. The van der Waals surface area contributed by atoms with Crippen molar-refractivity contribution in [1.29, 1.82) is 0 Å². The fourth-order valence-electron chi connectivity index (χ4n) is 2.41. The molecule has 1 fully saturated rings. The van der Waals surface area contributed by atoms with Gasteiger partial charge in [-0.3, -0.25) is 9.69 Å². The lowest BCUT2D eigenvalue weighted by Gasteiger charge is -2.26. The van der Waals surface area contributed by atoms with Crippen molar-refractivity contribution in [3.8, 4) is 0 Å². The van der Waals surface area contributed by atoms with Gasteiger partial charge in [-0.15, -0.1) is 0 Å². The van der Waals surface area contributed by atoms with Gasteiger partial charge in [0.1, 0.15) is 5.82 Å². The molecule has 0 N–H and O–H groups in total. The van der Waals surface area contributed by atoms with Crippen LogP contribution in [0, 0.1) is 0 Å². The second-order valence-corrected chi connectivity index (χ2v) is 4.58. The van der Waals surface area contributed by atoms with Crippen LogP contribution < -0.4 is 0 Å². The molecule has 0 spiro atoms. The molecule has 1 heterocycles. The first-order chi connectivity index (χ1) is 8.79. The first-order valence-electron chi connectivity index (χ1n) is 6.36. The summed E-state index contributed by atoms with van der Waals surface area (Å²) in [5.41, 5.74) is 0. The third-order valence-corrected chi connectivity index (χ3v) is 3.36. The van der Waals surface area contributed by atoms with Crippen molar-refractivity contribution in [3.05, 3.63) is 24.3 Å². The van der Waals surface area contributed by atoms with Crippen molar-refractivity contribution >= 4 is 5.97 Å². The van der Waals surface area contributed by atoms with Crippen molar-refractivity contribution in [3.63, 3.8) is 0 Å². The Morgan fingerprint density at radius 2 is 2.06 bits per heavy atom. The maximum atomic E-state index is 11.5. The average molecular weight is 249 g/mol. The molecule has 5 heteroatoms. The molecule has 0 unspecified atom stereocenters. The second kappa shape index (κ2) is 6.44. The summed E-state index contributed by atoms with van der Waals surface area (Å²) in [4.78, 5) is 22.0. The number of rotatable bonds is 5. The van der Waals surface area contributed by atoms with Gasteiger partial charge in [0.05, 0.1) is 20.2 Å². The highest BCUT2D eigenvalue weighted by molar-refractivity contribution is 5.71. The van der Waals surface area contributed by atoms with Gasteiger partial charge in [-0.25, -0.2) is 9.97 Å². The Kier molecular flexibility index (Phi) is 4.64.